The van der Waals surface area contributed by atoms with Gasteiger partial charge in [-0.2, -0.15) is 5.10 Å². The minimum Gasteiger partial charge on any atom is -0.457 e. The van der Waals surface area contributed by atoms with Crippen molar-refractivity contribution in [2.45, 2.75) is 50.9 Å². The Balaban J connectivity index is 0.965. The van der Waals surface area contributed by atoms with E-state index in [1.54, 1.807) is 4.90 Å². The van der Waals surface area contributed by atoms with E-state index in [-0.39, 0.29) is 24.3 Å². The third kappa shape index (κ3) is 5.93. The third-order valence-electron chi connectivity index (χ3n) is 9.61. The molecule has 5 aromatic rings. The maximum Gasteiger partial charge on any atom is 0.255 e. The van der Waals surface area contributed by atoms with Crippen molar-refractivity contribution in [1.29, 1.82) is 0 Å². The van der Waals surface area contributed by atoms with Crippen LogP contribution in [0.1, 0.15) is 53.2 Å². The Kier molecular flexibility index (Phi) is 8.08. The molecule has 2 aromatic heterocycles. The van der Waals surface area contributed by atoms with Gasteiger partial charge < -0.3 is 15.4 Å². The van der Waals surface area contributed by atoms with Crippen molar-refractivity contribution in [2.24, 2.45) is 0 Å². The molecule has 8 rings (SSSR count). The average Bonchev–Trinajstić information content (AvgIpc) is 3.65. The Bertz CT molecular complexity index is 2090. The number of para-hydroxylation sites is 1. The van der Waals surface area contributed by atoms with E-state index in [0.717, 1.165) is 75.3 Å². The van der Waals surface area contributed by atoms with Crippen molar-refractivity contribution in [3.63, 3.8) is 0 Å². The lowest BCUT2D eigenvalue weighted by Crippen LogP contribution is -2.52. The second-order valence-corrected chi connectivity index (χ2v) is 13.6. The maximum absolute atomic E-state index is 13.2. The van der Waals surface area contributed by atoms with Gasteiger partial charge in [0.2, 0.25) is 11.8 Å². The molecule has 1 unspecified atom stereocenters. The normalized spacial score (nSPS) is 18.6. The van der Waals surface area contributed by atoms with Crippen LogP contribution in [0.3, 0.4) is 0 Å². The number of nitrogens with two attached hydrogens (primary N) is 1. The van der Waals surface area contributed by atoms with Crippen LogP contribution in [0.4, 0.5) is 5.82 Å². The first-order valence-electron chi connectivity index (χ1n) is 16.3. The van der Waals surface area contributed by atoms with Gasteiger partial charge in [0.05, 0.1) is 11.4 Å². The number of rotatable bonds is 7. The van der Waals surface area contributed by atoms with Crippen LogP contribution < -0.4 is 15.8 Å². The molecule has 2 saturated heterocycles. The predicted molar refractivity (Wildman–Crippen MR) is 185 cm³/mol. The number of anilines is 1. The van der Waals surface area contributed by atoms with Crippen molar-refractivity contribution >= 4 is 50.5 Å². The molecule has 0 aliphatic carbocycles. The number of nitrogens with one attached hydrogen (secondary N) is 1. The van der Waals surface area contributed by atoms with Gasteiger partial charge in [-0.1, -0.05) is 40.2 Å². The number of halogens is 1. The summed E-state index contributed by atoms with van der Waals surface area (Å²) in [5.74, 6) is 1.01. The van der Waals surface area contributed by atoms with E-state index in [0.29, 0.717) is 30.9 Å². The SMILES string of the molecule is Nc1ncnc2c1c(-c1ccc(Oc3ccccc3)cc1)nn2C1CCN(Cc2cc3c(cc2Br)C(=O)N(C2CCC(=O)NC2=O)C3)CC1. The van der Waals surface area contributed by atoms with Crippen LogP contribution in [-0.4, -0.2) is 66.4 Å². The highest BCUT2D eigenvalue weighted by Gasteiger charge is 2.39. The van der Waals surface area contributed by atoms with Crippen LogP contribution in [0.15, 0.2) is 77.5 Å². The molecular weight excluding hydrogens is 688 g/mol. The number of amides is 3. The maximum atomic E-state index is 13.2. The second-order valence-electron chi connectivity index (χ2n) is 12.7. The molecular formula is C36H33BrN8O4. The summed E-state index contributed by atoms with van der Waals surface area (Å²) in [5, 5.41) is 8.17. The lowest BCUT2D eigenvalue weighted by Gasteiger charge is -2.32. The molecule has 13 heteroatoms. The Morgan fingerprint density at radius 1 is 0.939 bits per heavy atom. The molecule has 3 N–H and O–H groups in total. The minimum atomic E-state index is -0.633. The third-order valence-corrected chi connectivity index (χ3v) is 10.4. The minimum absolute atomic E-state index is 0.130. The van der Waals surface area contributed by atoms with Gasteiger partial charge in [-0.15, -0.1) is 0 Å². The van der Waals surface area contributed by atoms with Gasteiger partial charge in [0.15, 0.2) is 5.65 Å². The number of carbonyl (C=O) groups excluding carboxylic acids is 3. The van der Waals surface area contributed by atoms with Crippen LogP contribution >= 0.6 is 15.9 Å². The zero-order valence-electron chi connectivity index (χ0n) is 26.5. The van der Waals surface area contributed by atoms with Gasteiger partial charge >= 0.3 is 0 Å². The van der Waals surface area contributed by atoms with Crippen LogP contribution in [0.25, 0.3) is 22.3 Å². The first kappa shape index (κ1) is 31.1. The quantitative estimate of drug-likeness (QED) is 0.216. The molecule has 3 aliphatic heterocycles. The lowest BCUT2D eigenvalue weighted by molar-refractivity contribution is -0.136. The van der Waals surface area contributed by atoms with Crippen molar-refractivity contribution in [1.82, 2.24) is 34.9 Å². The van der Waals surface area contributed by atoms with Gasteiger partial charge in [0, 0.05) is 48.2 Å². The van der Waals surface area contributed by atoms with Gasteiger partial charge in [-0.05, 0) is 72.9 Å². The number of hydrogen-bond acceptors (Lipinski definition) is 9. The average molecular weight is 722 g/mol. The summed E-state index contributed by atoms with van der Waals surface area (Å²) in [6, 6.07) is 20.9. The monoisotopic (exact) mass is 720 g/mol. The second kappa shape index (κ2) is 12.7. The molecule has 2 fully saturated rings. The zero-order chi connectivity index (χ0) is 33.6. The summed E-state index contributed by atoms with van der Waals surface area (Å²) in [5.41, 5.74) is 11.3. The lowest BCUT2D eigenvalue weighted by atomic mass is 10.0. The molecule has 248 valence electrons. The fourth-order valence-electron chi connectivity index (χ4n) is 7.08. The van der Waals surface area contributed by atoms with Gasteiger partial charge in [-0.25, -0.2) is 14.6 Å². The standard InChI is InChI=1S/C36H33BrN8O4/c37-28-17-27-22(19-44(36(27)48)29-10-11-30(46)41-35(29)47)16-23(28)18-43-14-12-24(13-15-43)45-34-31(33(38)39-20-40-34)32(42-45)21-6-8-26(9-7-21)49-25-4-2-1-3-5-25/h1-9,16-17,20,24,29H,10-15,18-19H2,(H2,38,39,40)(H,41,46,47). The number of carbonyl (C=O) groups is 3. The van der Waals surface area contributed by atoms with E-state index in [9.17, 15) is 14.4 Å². The molecule has 0 spiro atoms. The first-order valence-corrected chi connectivity index (χ1v) is 17.1. The summed E-state index contributed by atoms with van der Waals surface area (Å²) < 4.78 is 8.85. The smallest absolute Gasteiger partial charge is 0.255 e. The topological polar surface area (TPSA) is 149 Å². The first-order chi connectivity index (χ1) is 23.8. The molecule has 1 atom stereocenters. The van der Waals surface area contributed by atoms with E-state index in [1.807, 2.05) is 65.3 Å². The van der Waals surface area contributed by atoms with E-state index in [2.05, 4.69) is 42.2 Å². The highest BCUT2D eigenvalue weighted by atomic mass is 79.9. The molecule has 0 bridgehead atoms. The number of imide groups is 1. The summed E-state index contributed by atoms with van der Waals surface area (Å²) in [4.78, 5) is 50.2. The molecule has 49 heavy (non-hydrogen) atoms. The Hall–Kier alpha value is -5.14. The van der Waals surface area contributed by atoms with Crippen molar-refractivity contribution in [2.75, 3.05) is 18.8 Å². The highest BCUT2D eigenvalue weighted by Crippen LogP contribution is 2.37. The molecule has 3 aromatic carbocycles. The number of likely N-dealkylation sites (tertiary alicyclic amines) is 1. The van der Waals surface area contributed by atoms with Gasteiger partial charge in [0.25, 0.3) is 5.91 Å². The number of nitrogen functional groups attached to an aromatic ring is 1. The number of piperidine rings is 2. The fourth-order valence-corrected chi connectivity index (χ4v) is 7.55. The van der Waals surface area contributed by atoms with Crippen LogP contribution in [-0.2, 0) is 22.7 Å². The summed E-state index contributed by atoms with van der Waals surface area (Å²) in [7, 11) is 0. The van der Waals surface area contributed by atoms with Crippen molar-refractivity contribution in [3.05, 3.63) is 94.2 Å². The number of nitrogens with zero attached hydrogens (tertiary/aromatic N) is 6. The van der Waals surface area contributed by atoms with E-state index >= 15 is 0 Å². The van der Waals surface area contributed by atoms with Crippen LogP contribution in [0, 0.1) is 0 Å². The number of ether oxygens (including phenoxy) is 1. The van der Waals surface area contributed by atoms with E-state index < -0.39 is 11.9 Å². The van der Waals surface area contributed by atoms with E-state index in [4.69, 9.17) is 15.6 Å². The van der Waals surface area contributed by atoms with Crippen molar-refractivity contribution in [3.8, 4) is 22.8 Å². The summed E-state index contributed by atoms with van der Waals surface area (Å²) >= 11 is 3.70. The molecule has 12 nitrogen and oxygen atoms in total. The largest absolute Gasteiger partial charge is 0.457 e. The molecule has 0 saturated carbocycles. The highest BCUT2D eigenvalue weighted by molar-refractivity contribution is 9.10. The number of hydrogen-bond donors (Lipinski definition) is 2. The predicted octanol–water partition coefficient (Wildman–Crippen LogP) is 5.23. The number of fused-ring (bicyclic) bond motifs is 2. The van der Waals surface area contributed by atoms with E-state index in [1.165, 1.54) is 6.33 Å². The van der Waals surface area contributed by atoms with Gasteiger partial charge in [0.1, 0.15) is 35.4 Å². The Morgan fingerprint density at radius 2 is 1.69 bits per heavy atom. The van der Waals surface area contributed by atoms with Crippen LogP contribution in [0.5, 0.6) is 11.5 Å². The zero-order valence-corrected chi connectivity index (χ0v) is 28.1. The molecule has 3 aliphatic rings. The van der Waals surface area contributed by atoms with Crippen molar-refractivity contribution < 1.29 is 19.1 Å². The molecule has 5 heterocycles. The Labute approximate surface area is 290 Å². The van der Waals surface area contributed by atoms with Crippen LogP contribution in [0.2, 0.25) is 0 Å². The summed E-state index contributed by atoms with van der Waals surface area (Å²) in [6.07, 6.45) is 3.80. The number of aromatic nitrogens is 4. The van der Waals surface area contributed by atoms with Gasteiger partial charge in [-0.3, -0.25) is 24.6 Å². The summed E-state index contributed by atoms with van der Waals surface area (Å²) in [6.45, 7) is 2.76. The molecule has 0 radical (unpaired) electrons. The fraction of sp³-hybridized carbons (Fsp3) is 0.278. The molecule has 3 amide bonds. The Morgan fingerprint density at radius 3 is 2.45 bits per heavy atom. The number of benzene rings is 3.